The Morgan fingerprint density at radius 1 is 1.36 bits per heavy atom. The van der Waals surface area contributed by atoms with Gasteiger partial charge in [0.1, 0.15) is 0 Å². The summed E-state index contributed by atoms with van der Waals surface area (Å²) in [6.07, 6.45) is 2.95. The number of nitrogens with one attached hydrogen (secondary N) is 2. The molecule has 0 bridgehead atoms. The predicted octanol–water partition coefficient (Wildman–Crippen LogP) is -0.450. The first kappa shape index (κ1) is 13.8. The average molecular weight is 224 g/mol. The third kappa shape index (κ3) is 8.43. The van der Waals surface area contributed by atoms with Gasteiger partial charge in [-0.3, -0.25) is 4.18 Å². The third-order valence-corrected chi connectivity index (χ3v) is 2.44. The van der Waals surface area contributed by atoms with Crippen LogP contribution in [0.4, 0.5) is 0 Å². The fourth-order valence-electron chi connectivity index (χ4n) is 1.04. The van der Waals surface area contributed by atoms with E-state index in [1.165, 1.54) is 0 Å². The van der Waals surface area contributed by atoms with E-state index in [-0.39, 0.29) is 12.6 Å². The smallest absolute Gasteiger partial charge is 0.264 e. The number of likely N-dealkylation sites (N-methyl/N-ethyl adjacent to an activating group) is 1. The maximum absolute atomic E-state index is 10.7. The van der Waals surface area contributed by atoms with E-state index in [0.29, 0.717) is 0 Å². The van der Waals surface area contributed by atoms with Crippen LogP contribution >= 0.6 is 0 Å². The van der Waals surface area contributed by atoms with Crippen molar-refractivity contribution in [3.05, 3.63) is 0 Å². The first-order valence-electron chi connectivity index (χ1n) is 4.66. The zero-order valence-electron chi connectivity index (χ0n) is 9.04. The van der Waals surface area contributed by atoms with Gasteiger partial charge in [-0.05, 0) is 33.5 Å². The van der Waals surface area contributed by atoms with E-state index in [2.05, 4.69) is 10.6 Å². The van der Waals surface area contributed by atoms with Crippen LogP contribution in [0.3, 0.4) is 0 Å². The summed E-state index contributed by atoms with van der Waals surface area (Å²) in [5.74, 6) is 0. The van der Waals surface area contributed by atoms with Crippen LogP contribution in [0.1, 0.15) is 12.8 Å². The van der Waals surface area contributed by atoms with E-state index in [9.17, 15) is 8.42 Å². The molecule has 0 aromatic heterocycles. The van der Waals surface area contributed by atoms with Crippen molar-refractivity contribution in [1.29, 1.82) is 0 Å². The Morgan fingerprint density at radius 3 is 2.43 bits per heavy atom. The van der Waals surface area contributed by atoms with Crippen molar-refractivity contribution in [2.45, 2.75) is 18.9 Å². The average Bonchev–Trinajstić information content (AvgIpc) is 2.09. The maximum atomic E-state index is 10.7. The summed E-state index contributed by atoms with van der Waals surface area (Å²) >= 11 is 0. The number of hydrogen-bond acceptors (Lipinski definition) is 5. The van der Waals surface area contributed by atoms with Gasteiger partial charge >= 0.3 is 0 Å². The molecular formula is C8H20N2O3S. The van der Waals surface area contributed by atoms with Gasteiger partial charge in [-0.2, -0.15) is 8.42 Å². The minimum Gasteiger partial charge on any atom is -0.320 e. The van der Waals surface area contributed by atoms with E-state index >= 15 is 0 Å². The second-order valence-electron chi connectivity index (χ2n) is 3.22. The van der Waals surface area contributed by atoms with Crippen molar-refractivity contribution in [1.82, 2.24) is 10.6 Å². The molecule has 86 valence electrons. The highest BCUT2D eigenvalue weighted by Gasteiger charge is 2.09. The van der Waals surface area contributed by atoms with Crippen molar-refractivity contribution >= 4 is 10.1 Å². The van der Waals surface area contributed by atoms with Crippen LogP contribution in [0.2, 0.25) is 0 Å². The van der Waals surface area contributed by atoms with Gasteiger partial charge in [0, 0.05) is 6.04 Å². The Morgan fingerprint density at radius 2 is 2.00 bits per heavy atom. The lowest BCUT2D eigenvalue weighted by molar-refractivity contribution is 0.268. The van der Waals surface area contributed by atoms with E-state index in [1.54, 1.807) is 7.05 Å². The van der Waals surface area contributed by atoms with E-state index in [4.69, 9.17) is 4.18 Å². The molecule has 5 nitrogen and oxygen atoms in total. The van der Waals surface area contributed by atoms with Crippen molar-refractivity contribution < 1.29 is 12.6 Å². The normalized spacial score (nSPS) is 14.2. The zero-order chi connectivity index (χ0) is 11.0. The second kappa shape index (κ2) is 7.17. The highest BCUT2D eigenvalue weighted by atomic mass is 32.2. The first-order valence-corrected chi connectivity index (χ1v) is 6.47. The third-order valence-electron chi connectivity index (χ3n) is 1.87. The minimum absolute atomic E-state index is 0.0954. The lowest BCUT2D eigenvalue weighted by Gasteiger charge is -2.14. The molecule has 0 heterocycles. The second-order valence-corrected chi connectivity index (χ2v) is 4.86. The Bertz CT molecular complexity index is 229. The molecule has 1 atom stereocenters. The molecule has 0 aliphatic carbocycles. The molecule has 0 aromatic rings. The van der Waals surface area contributed by atoms with Gasteiger partial charge in [-0.15, -0.1) is 0 Å². The van der Waals surface area contributed by atoms with Gasteiger partial charge in [-0.1, -0.05) is 0 Å². The zero-order valence-corrected chi connectivity index (χ0v) is 9.86. The van der Waals surface area contributed by atoms with E-state index < -0.39 is 10.1 Å². The van der Waals surface area contributed by atoms with Crippen molar-refractivity contribution in [2.75, 3.05) is 33.5 Å². The van der Waals surface area contributed by atoms with Crippen LogP contribution in [0.15, 0.2) is 0 Å². The van der Waals surface area contributed by atoms with Crippen LogP contribution in [0.5, 0.6) is 0 Å². The molecule has 0 unspecified atom stereocenters. The van der Waals surface area contributed by atoms with Crippen LogP contribution in [-0.4, -0.2) is 48.0 Å². The molecule has 0 aromatic carbocycles. The molecule has 0 saturated carbocycles. The Kier molecular flexibility index (Phi) is 7.08. The molecule has 0 fully saturated rings. The van der Waals surface area contributed by atoms with Gasteiger partial charge in [0.25, 0.3) is 10.1 Å². The van der Waals surface area contributed by atoms with Crippen LogP contribution < -0.4 is 10.6 Å². The first-order chi connectivity index (χ1) is 6.49. The standard InChI is InChI=1S/C8H20N2O3S/c1-9-6-4-5-8(10-2)7-13-14(3,11)12/h8-10H,4-7H2,1-3H3/t8-/m1/s1. The molecule has 0 spiro atoms. The van der Waals surface area contributed by atoms with Gasteiger partial charge in [0.05, 0.1) is 12.9 Å². The van der Waals surface area contributed by atoms with Crippen LogP contribution in [0, 0.1) is 0 Å². The Balaban J connectivity index is 3.69. The SMILES string of the molecule is CNCCC[C@H](COS(C)(=O)=O)NC. The largest absolute Gasteiger partial charge is 0.320 e. The van der Waals surface area contributed by atoms with Gasteiger partial charge in [0.2, 0.25) is 0 Å². The fraction of sp³-hybridized carbons (Fsp3) is 1.00. The Labute approximate surface area is 86.3 Å². The summed E-state index contributed by atoms with van der Waals surface area (Å²) in [7, 11) is 0.376. The molecule has 0 aliphatic heterocycles. The summed E-state index contributed by atoms with van der Waals surface area (Å²) in [6, 6.07) is 0.0954. The van der Waals surface area contributed by atoms with Crippen LogP contribution in [-0.2, 0) is 14.3 Å². The summed E-state index contributed by atoms with van der Waals surface area (Å²) in [6.45, 7) is 1.14. The van der Waals surface area contributed by atoms with Crippen molar-refractivity contribution in [2.24, 2.45) is 0 Å². The summed E-state index contributed by atoms with van der Waals surface area (Å²) in [5.41, 5.74) is 0. The summed E-state index contributed by atoms with van der Waals surface area (Å²) in [4.78, 5) is 0. The highest BCUT2D eigenvalue weighted by molar-refractivity contribution is 7.85. The lowest BCUT2D eigenvalue weighted by Crippen LogP contribution is -2.32. The molecular weight excluding hydrogens is 204 g/mol. The fourth-order valence-corrected chi connectivity index (χ4v) is 1.45. The lowest BCUT2D eigenvalue weighted by atomic mass is 10.2. The quantitative estimate of drug-likeness (QED) is 0.432. The molecule has 0 radical (unpaired) electrons. The van der Waals surface area contributed by atoms with E-state index in [1.807, 2.05) is 7.05 Å². The number of hydrogen-bond donors (Lipinski definition) is 2. The van der Waals surface area contributed by atoms with Gasteiger partial charge in [-0.25, -0.2) is 0 Å². The molecule has 0 amide bonds. The molecule has 2 N–H and O–H groups in total. The maximum Gasteiger partial charge on any atom is 0.264 e. The summed E-state index contributed by atoms with van der Waals surface area (Å²) < 4.78 is 26.1. The van der Waals surface area contributed by atoms with Crippen LogP contribution in [0.25, 0.3) is 0 Å². The molecule has 14 heavy (non-hydrogen) atoms. The van der Waals surface area contributed by atoms with Crippen molar-refractivity contribution in [3.63, 3.8) is 0 Å². The van der Waals surface area contributed by atoms with Gasteiger partial charge in [0.15, 0.2) is 0 Å². The van der Waals surface area contributed by atoms with E-state index in [0.717, 1.165) is 25.6 Å². The molecule has 0 aliphatic rings. The summed E-state index contributed by atoms with van der Waals surface area (Å²) in [5, 5.41) is 6.05. The minimum atomic E-state index is -3.32. The number of rotatable bonds is 8. The molecule has 6 heteroatoms. The predicted molar refractivity (Wildman–Crippen MR) is 56.8 cm³/mol. The monoisotopic (exact) mass is 224 g/mol. The topological polar surface area (TPSA) is 67.4 Å². The molecule has 0 saturated heterocycles. The highest BCUT2D eigenvalue weighted by Crippen LogP contribution is 1.99. The Hall–Kier alpha value is -0.170. The van der Waals surface area contributed by atoms with Gasteiger partial charge < -0.3 is 10.6 Å². The molecule has 0 rings (SSSR count). The van der Waals surface area contributed by atoms with Crippen molar-refractivity contribution in [3.8, 4) is 0 Å².